The Labute approximate surface area is 150 Å². The number of hydrogen-bond donors (Lipinski definition) is 2. The molecule has 1 aromatic carbocycles. The Kier molecular flexibility index (Phi) is 8.01. The number of hydrogen-bond acceptors (Lipinski definition) is 4. The van der Waals surface area contributed by atoms with Gasteiger partial charge < -0.3 is 15.4 Å². The monoisotopic (exact) mass is 374 g/mol. The van der Waals surface area contributed by atoms with Gasteiger partial charge in [-0.15, -0.1) is 0 Å². The molecular weight excluding hydrogens is 355 g/mol. The van der Waals surface area contributed by atoms with Gasteiger partial charge in [0.25, 0.3) is 5.91 Å². The highest BCUT2D eigenvalue weighted by Gasteiger charge is 2.22. The molecule has 8 heteroatoms. The van der Waals surface area contributed by atoms with Crippen molar-refractivity contribution in [3.8, 4) is 0 Å². The van der Waals surface area contributed by atoms with Gasteiger partial charge in [-0.25, -0.2) is 4.79 Å². The molecule has 0 saturated carbocycles. The van der Waals surface area contributed by atoms with Crippen LogP contribution in [0, 0.1) is 5.92 Å². The second kappa shape index (κ2) is 9.49. The number of methoxy groups -OCH3 is 1. The number of carbonyl (C=O) groups excluding carboxylic acids is 3. The lowest BCUT2D eigenvalue weighted by Gasteiger charge is -2.18. The first-order chi connectivity index (χ1) is 11.2. The van der Waals surface area contributed by atoms with E-state index in [2.05, 4.69) is 15.4 Å². The fourth-order valence-electron chi connectivity index (χ4n) is 2.00. The number of carbonyl (C=O) groups is 3. The van der Waals surface area contributed by atoms with Crippen LogP contribution in [-0.4, -0.2) is 37.5 Å². The van der Waals surface area contributed by atoms with Crippen LogP contribution in [0.5, 0.6) is 0 Å². The van der Waals surface area contributed by atoms with Crippen LogP contribution in [-0.2, 0) is 14.3 Å². The molecular formula is C16H20Cl2N2O4. The third kappa shape index (κ3) is 6.37. The Morgan fingerprint density at radius 2 is 1.88 bits per heavy atom. The van der Waals surface area contributed by atoms with E-state index in [0.29, 0.717) is 11.4 Å². The van der Waals surface area contributed by atoms with E-state index < -0.39 is 23.8 Å². The van der Waals surface area contributed by atoms with E-state index in [0.717, 1.165) is 0 Å². The maximum Gasteiger partial charge on any atom is 0.328 e. The van der Waals surface area contributed by atoms with E-state index in [4.69, 9.17) is 23.2 Å². The van der Waals surface area contributed by atoms with Gasteiger partial charge in [0.1, 0.15) is 6.04 Å². The Morgan fingerprint density at radius 3 is 2.46 bits per heavy atom. The maximum atomic E-state index is 12.0. The van der Waals surface area contributed by atoms with Crippen molar-refractivity contribution >= 4 is 41.0 Å². The molecule has 1 rings (SSSR count). The third-order valence-electron chi connectivity index (χ3n) is 3.11. The summed E-state index contributed by atoms with van der Waals surface area (Å²) < 4.78 is 4.66. The third-order valence-corrected chi connectivity index (χ3v) is 3.68. The summed E-state index contributed by atoms with van der Waals surface area (Å²) in [6, 6.07) is 3.71. The largest absolute Gasteiger partial charge is 0.467 e. The fraction of sp³-hybridized carbons (Fsp3) is 0.438. The zero-order valence-corrected chi connectivity index (χ0v) is 15.2. The highest BCUT2D eigenvalue weighted by Crippen LogP contribution is 2.20. The standard InChI is InChI=1S/C16H20Cl2N2O4/c1-9(2)6-13(16(23)24-3)20-14(21)8-19-15(22)11-7-10(17)4-5-12(11)18/h4-5,7,9,13H,6,8H2,1-3H3,(H,19,22)(H,20,21). The van der Waals surface area contributed by atoms with E-state index in [1.54, 1.807) is 6.07 Å². The number of esters is 1. The Bertz CT molecular complexity index is 620. The highest BCUT2D eigenvalue weighted by molar-refractivity contribution is 6.35. The van der Waals surface area contributed by atoms with Gasteiger partial charge in [0, 0.05) is 5.02 Å². The number of halogens is 2. The molecule has 0 spiro atoms. The van der Waals surface area contributed by atoms with Gasteiger partial charge in [-0.3, -0.25) is 9.59 Å². The molecule has 1 aromatic rings. The summed E-state index contributed by atoms with van der Waals surface area (Å²) in [6.45, 7) is 3.54. The van der Waals surface area contributed by atoms with Crippen LogP contribution in [0.2, 0.25) is 10.0 Å². The second-order valence-electron chi connectivity index (χ2n) is 5.58. The lowest BCUT2D eigenvalue weighted by atomic mass is 10.0. The van der Waals surface area contributed by atoms with E-state index in [9.17, 15) is 14.4 Å². The van der Waals surface area contributed by atoms with Gasteiger partial charge in [-0.2, -0.15) is 0 Å². The van der Waals surface area contributed by atoms with Crippen molar-refractivity contribution in [1.82, 2.24) is 10.6 Å². The predicted molar refractivity (Wildman–Crippen MR) is 92.2 cm³/mol. The maximum absolute atomic E-state index is 12.0. The zero-order chi connectivity index (χ0) is 18.3. The molecule has 0 aliphatic carbocycles. The zero-order valence-electron chi connectivity index (χ0n) is 13.7. The normalized spacial score (nSPS) is 11.8. The smallest absolute Gasteiger partial charge is 0.328 e. The Morgan fingerprint density at radius 1 is 1.21 bits per heavy atom. The second-order valence-corrected chi connectivity index (χ2v) is 6.42. The molecule has 1 atom stereocenters. The minimum Gasteiger partial charge on any atom is -0.467 e. The molecule has 0 bridgehead atoms. The summed E-state index contributed by atoms with van der Waals surface area (Å²) >= 11 is 11.7. The van der Waals surface area contributed by atoms with E-state index in [-0.39, 0.29) is 23.0 Å². The molecule has 0 radical (unpaired) electrons. The van der Waals surface area contributed by atoms with Crippen molar-refractivity contribution in [2.75, 3.05) is 13.7 Å². The van der Waals surface area contributed by atoms with Crippen LogP contribution in [0.3, 0.4) is 0 Å². The number of ether oxygens (including phenoxy) is 1. The summed E-state index contributed by atoms with van der Waals surface area (Å²) in [4.78, 5) is 35.7. The van der Waals surface area contributed by atoms with Crippen molar-refractivity contribution in [1.29, 1.82) is 0 Å². The van der Waals surface area contributed by atoms with Crippen LogP contribution < -0.4 is 10.6 Å². The summed E-state index contributed by atoms with van der Waals surface area (Å²) in [5.41, 5.74) is 0.170. The SMILES string of the molecule is COC(=O)C(CC(C)C)NC(=O)CNC(=O)c1cc(Cl)ccc1Cl. The van der Waals surface area contributed by atoms with Gasteiger partial charge in [0.15, 0.2) is 0 Å². The molecule has 0 aliphatic rings. The lowest BCUT2D eigenvalue weighted by molar-refractivity contribution is -0.145. The minimum absolute atomic E-state index is 0.170. The van der Waals surface area contributed by atoms with Crippen molar-refractivity contribution in [2.24, 2.45) is 5.92 Å². The van der Waals surface area contributed by atoms with Gasteiger partial charge in [0.2, 0.25) is 5.91 Å². The molecule has 2 N–H and O–H groups in total. The van der Waals surface area contributed by atoms with E-state index in [1.165, 1.54) is 19.2 Å². The summed E-state index contributed by atoms with van der Waals surface area (Å²) in [5, 5.41) is 5.57. The molecule has 0 heterocycles. The first-order valence-corrected chi connectivity index (χ1v) is 8.10. The molecule has 1 unspecified atom stereocenters. The summed E-state index contributed by atoms with van der Waals surface area (Å²) in [6.07, 6.45) is 0.437. The molecule has 0 aliphatic heterocycles. The van der Waals surface area contributed by atoms with E-state index in [1.807, 2.05) is 13.8 Å². The Balaban J connectivity index is 2.62. The van der Waals surface area contributed by atoms with Gasteiger partial charge in [-0.05, 0) is 30.5 Å². The van der Waals surface area contributed by atoms with Gasteiger partial charge in [-0.1, -0.05) is 37.0 Å². The number of benzene rings is 1. The average molecular weight is 375 g/mol. The van der Waals surface area contributed by atoms with Crippen molar-refractivity contribution in [3.05, 3.63) is 33.8 Å². The molecule has 24 heavy (non-hydrogen) atoms. The van der Waals surface area contributed by atoms with Crippen LogP contribution in [0.25, 0.3) is 0 Å². The van der Waals surface area contributed by atoms with Crippen molar-refractivity contribution in [3.63, 3.8) is 0 Å². The van der Waals surface area contributed by atoms with Crippen molar-refractivity contribution < 1.29 is 19.1 Å². The van der Waals surface area contributed by atoms with Crippen LogP contribution in [0.15, 0.2) is 18.2 Å². The van der Waals surface area contributed by atoms with Gasteiger partial charge >= 0.3 is 5.97 Å². The number of nitrogens with one attached hydrogen (secondary N) is 2. The van der Waals surface area contributed by atoms with Gasteiger partial charge in [0.05, 0.1) is 24.2 Å². The van der Waals surface area contributed by atoms with Crippen molar-refractivity contribution in [2.45, 2.75) is 26.3 Å². The van der Waals surface area contributed by atoms with E-state index >= 15 is 0 Å². The molecule has 0 saturated heterocycles. The first-order valence-electron chi connectivity index (χ1n) is 7.35. The summed E-state index contributed by atoms with van der Waals surface area (Å²) in [5.74, 6) is -1.37. The Hall–Kier alpha value is -1.79. The molecule has 2 amide bonds. The predicted octanol–water partition coefficient (Wildman–Crippen LogP) is 2.43. The topological polar surface area (TPSA) is 84.5 Å². The number of rotatable bonds is 7. The average Bonchev–Trinajstić information content (AvgIpc) is 2.53. The minimum atomic E-state index is -0.755. The first kappa shape index (κ1) is 20.3. The fourth-order valence-corrected chi connectivity index (χ4v) is 2.38. The molecule has 132 valence electrons. The van der Waals surface area contributed by atoms with Crippen LogP contribution >= 0.6 is 23.2 Å². The summed E-state index contributed by atoms with van der Waals surface area (Å²) in [7, 11) is 1.25. The quantitative estimate of drug-likeness (QED) is 0.717. The van der Waals surface area contributed by atoms with Crippen LogP contribution in [0.1, 0.15) is 30.6 Å². The van der Waals surface area contributed by atoms with Crippen LogP contribution in [0.4, 0.5) is 0 Å². The number of amides is 2. The molecule has 6 nitrogen and oxygen atoms in total. The lowest BCUT2D eigenvalue weighted by Crippen LogP contribution is -2.46. The highest BCUT2D eigenvalue weighted by atomic mass is 35.5. The molecule has 0 aromatic heterocycles. The molecule has 0 fully saturated rings.